The summed E-state index contributed by atoms with van der Waals surface area (Å²) in [7, 11) is -0.924. The molecule has 2 saturated heterocycles. The van der Waals surface area contributed by atoms with E-state index in [4.69, 9.17) is 18.6 Å². The van der Waals surface area contributed by atoms with Crippen LogP contribution in [0.15, 0.2) is 0 Å². The summed E-state index contributed by atoms with van der Waals surface area (Å²) >= 11 is 0. The monoisotopic (exact) mass is 308 g/mol. The second-order valence-electron chi connectivity index (χ2n) is 8.95. The standard InChI is InChI=1S/C16H30B2O4/c1-13(2)14(3,4)20-17(19-13)18-21-15(5,6)16(7,22-18)11-10-12-8-9-12/h12H,8-11H2,1-7H3. The molecular weight excluding hydrogens is 278 g/mol. The van der Waals surface area contributed by atoms with Crippen molar-refractivity contribution in [3.63, 3.8) is 0 Å². The third kappa shape index (κ3) is 2.77. The van der Waals surface area contributed by atoms with Crippen LogP contribution >= 0.6 is 0 Å². The van der Waals surface area contributed by atoms with Crippen molar-refractivity contribution in [1.82, 2.24) is 0 Å². The maximum atomic E-state index is 6.34. The van der Waals surface area contributed by atoms with Gasteiger partial charge in [0.05, 0.1) is 22.4 Å². The lowest BCUT2D eigenvalue weighted by Crippen LogP contribution is -2.44. The van der Waals surface area contributed by atoms with E-state index in [0.717, 1.165) is 12.3 Å². The van der Waals surface area contributed by atoms with Crippen molar-refractivity contribution in [1.29, 1.82) is 0 Å². The summed E-state index contributed by atoms with van der Waals surface area (Å²) in [6, 6.07) is 0. The van der Waals surface area contributed by atoms with Crippen LogP contribution < -0.4 is 0 Å². The molecule has 3 aliphatic rings. The van der Waals surface area contributed by atoms with Crippen LogP contribution in [-0.2, 0) is 18.6 Å². The van der Waals surface area contributed by atoms with Gasteiger partial charge in [-0.2, -0.15) is 0 Å². The summed E-state index contributed by atoms with van der Waals surface area (Å²) in [6.45, 7) is 14.6. The summed E-state index contributed by atoms with van der Waals surface area (Å²) in [5.74, 6) is 0.895. The Morgan fingerprint density at radius 3 is 1.68 bits per heavy atom. The highest BCUT2D eigenvalue weighted by atomic mass is 16.7. The predicted octanol–water partition coefficient (Wildman–Crippen LogP) is 3.42. The molecule has 6 heteroatoms. The minimum Gasteiger partial charge on any atom is -0.405 e. The summed E-state index contributed by atoms with van der Waals surface area (Å²) in [4.78, 5) is 0. The van der Waals surface area contributed by atoms with Gasteiger partial charge in [0.15, 0.2) is 0 Å². The largest absolute Gasteiger partial charge is 0.488 e. The number of rotatable bonds is 4. The SMILES string of the molecule is CC1(C)OB(B2OC(C)(C)C(C)(CCC3CC3)O2)OC1(C)C. The first-order chi connectivity index (χ1) is 9.96. The summed E-state index contributed by atoms with van der Waals surface area (Å²) < 4.78 is 24.8. The number of hydrogen-bond acceptors (Lipinski definition) is 4. The summed E-state index contributed by atoms with van der Waals surface area (Å²) in [5.41, 5.74) is -1.34. The van der Waals surface area contributed by atoms with Crippen LogP contribution in [0.3, 0.4) is 0 Å². The van der Waals surface area contributed by atoms with Gasteiger partial charge in [-0.3, -0.25) is 0 Å². The van der Waals surface area contributed by atoms with Crippen molar-refractivity contribution in [2.45, 2.75) is 96.6 Å². The molecule has 3 fully saturated rings. The highest BCUT2D eigenvalue weighted by molar-refractivity contribution is 7.11. The molecule has 3 rings (SSSR count). The Balaban J connectivity index is 1.69. The fraction of sp³-hybridized carbons (Fsp3) is 1.00. The molecule has 4 nitrogen and oxygen atoms in total. The maximum Gasteiger partial charge on any atom is 0.488 e. The van der Waals surface area contributed by atoms with E-state index >= 15 is 0 Å². The summed E-state index contributed by atoms with van der Waals surface area (Å²) in [6.07, 6.45) is 5.00. The van der Waals surface area contributed by atoms with Crippen LogP contribution in [-0.4, -0.2) is 36.4 Å². The van der Waals surface area contributed by atoms with Crippen LogP contribution in [0.2, 0.25) is 0 Å². The lowest BCUT2D eigenvalue weighted by molar-refractivity contribution is -0.0178. The fourth-order valence-corrected chi connectivity index (χ4v) is 3.19. The van der Waals surface area contributed by atoms with Gasteiger partial charge in [0.1, 0.15) is 0 Å². The fourth-order valence-electron chi connectivity index (χ4n) is 3.19. The van der Waals surface area contributed by atoms with Crippen LogP contribution in [0, 0.1) is 5.92 Å². The van der Waals surface area contributed by atoms with E-state index in [0.29, 0.717) is 0 Å². The molecule has 0 N–H and O–H groups in total. The zero-order chi connectivity index (χ0) is 16.4. The lowest BCUT2D eigenvalue weighted by atomic mass is 9.49. The van der Waals surface area contributed by atoms with E-state index in [-0.39, 0.29) is 22.4 Å². The smallest absolute Gasteiger partial charge is 0.405 e. The van der Waals surface area contributed by atoms with Gasteiger partial charge in [-0.1, -0.05) is 12.8 Å². The van der Waals surface area contributed by atoms with Crippen LogP contribution in [0.1, 0.15) is 74.1 Å². The zero-order valence-corrected chi connectivity index (χ0v) is 15.2. The first kappa shape index (κ1) is 16.8. The van der Waals surface area contributed by atoms with E-state index in [1.165, 1.54) is 19.3 Å². The molecule has 124 valence electrons. The molecule has 1 atom stereocenters. The molecule has 0 amide bonds. The van der Waals surface area contributed by atoms with Crippen LogP contribution in [0.25, 0.3) is 0 Å². The molecule has 0 aromatic rings. The molecule has 1 saturated carbocycles. The normalized spacial score (nSPS) is 36.1. The first-order valence-corrected chi connectivity index (χ1v) is 8.67. The van der Waals surface area contributed by atoms with Gasteiger partial charge in [0.2, 0.25) is 0 Å². The minimum atomic E-state index is -0.466. The number of hydrogen-bond donors (Lipinski definition) is 0. The third-order valence-corrected chi connectivity index (χ3v) is 6.28. The average molecular weight is 308 g/mol. The zero-order valence-electron chi connectivity index (χ0n) is 15.2. The quantitative estimate of drug-likeness (QED) is 0.746. The molecule has 0 spiro atoms. The van der Waals surface area contributed by atoms with E-state index < -0.39 is 14.0 Å². The first-order valence-electron chi connectivity index (χ1n) is 8.67. The van der Waals surface area contributed by atoms with Crippen molar-refractivity contribution in [3.05, 3.63) is 0 Å². The van der Waals surface area contributed by atoms with E-state index in [2.05, 4.69) is 48.5 Å². The minimum absolute atomic E-state index is 0.288. The molecular formula is C16H30B2O4. The van der Waals surface area contributed by atoms with Gasteiger partial charge in [-0.15, -0.1) is 0 Å². The molecule has 0 radical (unpaired) electrons. The Morgan fingerprint density at radius 1 is 0.727 bits per heavy atom. The van der Waals surface area contributed by atoms with Gasteiger partial charge in [-0.05, 0) is 67.2 Å². The van der Waals surface area contributed by atoms with E-state index in [1.807, 2.05) is 0 Å². The second-order valence-corrected chi connectivity index (χ2v) is 8.95. The third-order valence-electron chi connectivity index (χ3n) is 6.28. The molecule has 1 aliphatic carbocycles. The Morgan fingerprint density at radius 2 is 1.18 bits per heavy atom. The second kappa shape index (κ2) is 4.98. The van der Waals surface area contributed by atoms with Crippen molar-refractivity contribution < 1.29 is 18.6 Å². The molecule has 2 heterocycles. The molecule has 2 aliphatic heterocycles. The highest BCUT2D eigenvalue weighted by Gasteiger charge is 2.64. The highest BCUT2D eigenvalue weighted by Crippen LogP contribution is 2.46. The van der Waals surface area contributed by atoms with Gasteiger partial charge < -0.3 is 18.6 Å². The molecule has 0 aromatic carbocycles. The molecule has 0 bridgehead atoms. The van der Waals surface area contributed by atoms with Crippen molar-refractivity contribution in [2.75, 3.05) is 0 Å². The molecule has 0 aromatic heterocycles. The molecule has 1 unspecified atom stereocenters. The van der Waals surface area contributed by atoms with Crippen molar-refractivity contribution in [3.8, 4) is 0 Å². The summed E-state index contributed by atoms with van der Waals surface area (Å²) in [5, 5.41) is 0. The van der Waals surface area contributed by atoms with Gasteiger partial charge in [0.25, 0.3) is 0 Å². The Hall–Kier alpha value is -0.0301. The maximum absolute atomic E-state index is 6.34. The Labute approximate surface area is 135 Å². The van der Waals surface area contributed by atoms with E-state index in [1.54, 1.807) is 0 Å². The van der Waals surface area contributed by atoms with E-state index in [9.17, 15) is 0 Å². The topological polar surface area (TPSA) is 36.9 Å². The van der Waals surface area contributed by atoms with Gasteiger partial charge >= 0.3 is 14.0 Å². The van der Waals surface area contributed by atoms with Gasteiger partial charge in [0, 0.05) is 0 Å². The Kier molecular flexibility index (Phi) is 3.81. The average Bonchev–Trinajstić information content (AvgIpc) is 3.09. The Bertz CT molecular complexity index is 431. The lowest BCUT2D eigenvalue weighted by Gasteiger charge is -2.36. The van der Waals surface area contributed by atoms with Crippen LogP contribution in [0.5, 0.6) is 0 Å². The molecule has 22 heavy (non-hydrogen) atoms. The van der Waals surface area contributed by atoms with Gasteiger partial charge in [-0.25, -0.2) is 0 Å². The van der Waals surface area contributed by atoms with Crippen molar-refractivity contribution >= 4 is 14.0 Å². The van der Waals surface area contributed by atoms with Crippen molar-refractivity contribution in [2.24, 2.45) is 5.92 Å². The van der Waals surface area contributed by atoms with Crippen LogP contribution in [0.4, 0.5) is 0 Å². The predicted molar refractivity (Wildman–Crippen MR) is 88.4 cm³/mol.